The molecule has 0 saturated carbocycles. The number of thiazole rings is 1. The zero-order valence-corrected chi connectivity index (χ0v) is 13.9. The van der Waals surface area contributed by atoms with Gasteiger partial charge in [-0.25, -0.2) is 4.98 Å². The molecule has 2 aromatic rings. The maximum absolute atomic E-state index is 5.80. The number of aromatic nitrogens is 1. The zero-order valence-electron chi connectivity index (χ0n) is 13.1. The van der Waals surface area contributed by atoms with Crippen molar-refractivity contribution in [2.75, 3.05) is 6.61 Å². The van der Waals surface area contributed by atoms with Crippen molar-refractivity contribution in [1.82, 2.24) is 4.98 Å². The van der Waals surface area contributed by atoms with Gasteiger partial charge in [-0.3, -0.25) is 0 Å². The second kappa shape index (κ2) is 7.57. The molecule has 0 aliphatic rings. The summed E-state index contributed by atoms with van der Waals surface area (Å²) in [6.07, 6.45) is 1.78. The van der Waals surface area contributed by atoms with E-state index in [9.17, 15) is 0 Å². The van der Waals surface area contributed by atoms with Crippen LogP contribution in [0.5, 0.6) is 5.75 Å². The van der Waals surface area contributed by atoms with Gasteiger partial charge >= 0.3 is 0 Å². The van der Waals surface area contributed by atoms with Crippen molar-refractivity contribution in [3.63, 3.8) is 0 Å². The van der Waals surface area contributed by atoms with Gasteiger partial charge < -0.3 is 10.5 Å². The molecule has 21 heavy (non-hydrogen) atoms. The Bertz CT molecular complexity index is 539. The molecule has 1 heterocycles. The topological polar surface area (TPSA) is 48.1 Å². The average Bonchev–Trinajstić information content (AvgIpc) is 2.90. The van der Waals surface area contributed by atoms with Crippen molar-refractivity contribution >= 4 is 11.3 Å². The van der Waals surface area contributed by atoms with Gasteiger partial charge in [0.15, 0.2) is 0 Å². The van der Waals surface area contributed by atoms with E-state index in [4.69, 9.17) is 10.5 Å². The molecule has 2 rings (SSSR count). The summed E-state index contributed by atoms with van der Waals surface area (Å²) in [5.74, 6) is 1.47. The number of hydrogen-bond acceptors (Lipinski definition) is 4. The van der Waals surface area contributed by atoms with Crippen LogP contribution >= 0.6 is 11.3 Å². The Morgan fingerprint density at radius 1 is 1.24 bits per heavy atom. The summed E-state index contributed by atoms with van der Waals surface area (Å²) < 4.78 is 5.80. The molecule has 1 aromatic heterocycles. The Labute approximate surface area is 131 Å². The maximum Gasteiger partial charge on any atom is 0.119 e. The van der Waals surface area contributed by atoms with Crippen LogP contribution in [0.25, 0.3) is 0 Å². The van der Waals surface area contributed by atoms with Gasteiger partial charge in [-0.1, -0.05) is 32.9 Å². The monoisotopic (exact) mass is 304 g/mol. The molecule has 0 spiro atoms. The van der Waals surface area contributed by atoms with Crippen molar-refractivity contribution in [3.05, 3.63) is 45.4 Å². The summed E-state index contributed by atoms with van der Waals surface area (Å²) >= 11 is 1.71. The Morgan fingerprint density at radius 2 is 1.95 bits per heavy atom. The first-order valence-electron chi connectivity index (χ1n) is 7.54. The number of nitrogens with two attached hydrogens (primary N) is 1. The Kier molecular flexibility index (Phi) is 5.76. The lowest BCUT2D eigenvalue weighted by Crippen LogP contribution is -2.01. The lowest BCUT2D eigenvalue weighted by Gasteiger charge is -2.08. The predicted octanol–water partition coefficient (Wildman–Crippen LogP) is 3.91. The molecule has 1 aromatic carbocycles. The van der Waals surface area contributed by atoms with Crippen molar-refractivity contribution in [2.45, 2.75) is 46.1 Å². The first kappa shape index (κ1) is 16.0. The summed E-state index contributed by atoms with van der Waals surface area (Å²) in [6, 6.07) is 8.34. The van der Waals surface area contributed by atoms with Crippen LogP contribution in [-0.2, 0) is 19.4 Å². The molecule has 0 atom stereocenters. The predicted molar refractivity (Wildman–Crippen MR) is 89.1 cm³/mol. The quantitative estimate of drug-likeness (QED) is 0.843. The van der Waals surface area contributed by atoms with Gasteiger partial charge in [-0.05, 0) is 30.0 Å². The fourth-order valence-corrected chi connectivity index (χ4v) is 3.20. The lowest BCUT2D eigenvalue weighted by molar-refractivity contribution is 0.321. The second-order valence-electron chi connectivity index (χ2n) is 5.36. The van der Waals surface area contributed by atoms with E-state index in [0.717, 1.165) is 29.3 Å². The zero-order chi connectivity index (χ0) is 15.2. The highest BCUT2D eigenvalue weighted by atomic mass is 32.1. The number of benzene rings is 1. The number of hydrogen-bond donors (Lipinski definition) is 1. The van der Waals surface area contributed by atoms with E-state index in [1.165, 1.54) is 10.4 Å². The summed E-state index contributed by atoms with van der Waals surface area (Å²) in [4.78, 5) is 5.83. The van der Waals surface area contributed by atoms with E-state index >= 15 is 0 Å². The molecule has 0 bridgehead atoms. The third-order valence-corrected chi connectivity index (χ3v) is 4.65. The highest BCUT2D eigenvalue weighted by Gasteiger charge is 2.08. The molecule has 0 fully saturated rings. The Hall–Kier alpha value is -1.39. The van der Waals surface area contributed by atoms with Crippen LogP contribution < -0.4 is 10.5 Å². The van der Waals surface area contributed by atoms with E-state index in [1.807, 2.05) is 12.1 Å². The summed E-state index contributed by atoms with van der Waals surface area (Å²) in [7, 11) is 0. The average molecular weight is 304 g/mol. The highest BCUT2D eigenvalue weighted by molar-refractivity contribution is 7.11. The highest BCUT2D eigenvalue weighted by Crippen LogP contribution is 2.21. The minimum absolute atomic E-state index is 0.552. The van der Waals surface area contributed by atoms with Gasteiger partial charge in [-0.2, -0.15) is 0 Å². The molecule has 2 N–H and O–H groups in total. The summed E-state index contributed by atoms with van der Waals surface area (Å²) in [6.45, 7) is 7.74. The Balaban J connectivity index is 1.87. The third kappa shape index (κ3) is 4.29. The van der Waals surface area contributed by atoms with E-state index < -0.39 is 0 Å². The normalized spacial score (nSPS) is 11.1. The van der Waals surface area contributed by atoms with Crippen LogP contribution in [0.4, 0.5) is 0 Å². The molecule has 0 amide bonds. The van der Waals surface area contributed by atoms with Crippen LogP contribution in [0, 0.1) is 0 Å². The molecular formula is C17H24N2OS. The van der Waals surface area contributed by atoms with E-state index in [-0.39, 0.29) is 0 Å². The molecule has 0 saturated heterocycles. The molecular weight excluding hydrogens is 280 g/mol. The van der Waals surface area contributed by atoms with Gasteiger partial charge in [-0.15, -0.1) is 11.3 Å². The third-order valence-electron chi connectivity index (χ3n) is 3.47. The molecule has 0 aliphatic heterocycles. The van der Waals surface area contributed by atoms with Crippen LogP contribution in [0.15, 0.2) is 24.3 Å². The Morgan fingerprint density at radius 3 is 2.48 bits per heavy atom. The van der Waals surface area contributed by atoms with Crippen LogP contribution in [0.3, 0.4) is 0 Å². The van der Waals surface area contributed by atoms with Gasteiger partial charge in [0.05, 0.1) is 17.3 Å². The molecule has 0 radical (unpaired) electrons. The maximum atomic E-state index is 5.80. The molecule has 3 nitrogen and oxygen atoms in total. The van der Waals surface area contributed by atoms with Crippen molar-refractivity contribution in [1.29, 1.82) is 0 Å². The molecule has 114 valence electrons. The standard InChI is InChI=1S/C17H24N2OS/c1-4-15-16(11-18)21-17(19-15)9-10-20-14-7-5-13(6-8-14)12(2)3/h5-8,12H,4,9-11,18H2,1-3H3. The number of rotatable bonds is 7. The lowest BCUT2D eigenvalue weighted by atomic mass is 10.0. The van der Waals surface area contributed by atoms with E-state index in [2.05, 4.69) is 37.9 Å². The fraction of sp³-hybridized carbons (Fsp3) is 0.471. The molecule has 0 unspecified atom stereocenters. The second-order valence-corrected chi connectivity index (χ2v) is 6.53. The summed E-state index contributed by atoms with van der Waals surface area (Å²) in [5.41, 5.74) is 8.21. The van der Waals surface area contributed by atoms with Gasteiger partial charge in [0, 0.05) is 17.8 Å². The van der Waals surface area contributed by atoms with Gasteiger partial charge in [0.1, 0.15) is 5.75 Å². The van der Waals surface area contributed by atoms with Gasteiger partial charge in [0.2, 0.25) is 0 Å². The molecule has 0 aliphatic carbocycles. The minimum Gasteiger partial charge on any atom is -0.493 e. The number of ether oxygens (including phenoxy) is 1. The first-order valence-corrected chi connectivity index (χ1v) is 8.36. The van der Waals surface area contributed by atoms with Crippen molar-refractivity contribution in [2.24, 2.45) is 5.73 Å². The van der Waals surface area contributed by atoms with E-state index in [1.54, 1.807) is 11.3 Å². The molecule has 4 heteroatoms. The fourth-order valence-electron chi connectivity index (χ4n) is 2.18. The van der Waals surface area contributed by atoms with Crippen LogP contribution in [0.1, 0.15) is 47.8 Å². The van der Waals surface area contributed by atoms with E-state index in [0.29, 0.717) is 19.1 Å². The summed E-state index contributed by atoms with van der Waals surface area (Å²) in [5, 5.41) is 1.12. The number of aryl methyl sites for hydroxylation is 1. The number of nitrogens with zero attached hydrogens (tertiary/aromatic N) is 1. The largest absolute Gasteiger partial charge is 0.493 e. The first-order chi connectivity index (χ1) is 10.1. The minimum atomic E-state index is 0.552. The van der Waals surface area contributed by atoms with Gasteiger partial charge in [0.25, 0.3) is 0 Å². The SMILES string of the molecule is CCc1nc(CCOc2ccc(C(C)C)cc2)sc1CN. The van der Waals surface area contributed by atoms with Crippen molar-refractivity contribution in [3.8, 4) is 5.75 Å². The van der Waals surface area contributed by atoms with Crippen molar-refractivity contribution < 1.29 is 4.74 Å². The van der Waals surface area contributed by atoms with Crippen LogP contribution in [0.2, 0.25) is 0 Å². The van der Waals surface area contributed by atoms with Crippen LogP contribution in [-0.4, -0.2) is 11.6 Å². The smallest absolute Gasteiger partial charge is 0.119 e.